The lowest BCUT2D eigenvalue weighted by atomic mass is 9.47. The van der Waals surface area contributed by atoms with Crippen LogP contribution in [0.3, 0.4) is 0 Å². The highest BCUT2D eigenvalue weighted by Gasteiger charge is 2.58. The molecule has 3 N–H and O–H groups in total. The Hall–Kier alpha value is -1.64. The molecule has 5 saturated carbocycles. The van der Waals surface area contributed by atoms with Gasteiger partial charge in [-0.2, -0.15) is 4.31 Å². The Morgan fingerprint density at radius 1 is 1.13 bits per heavy atom. The average Bonchev–Trinajstić information content (AvgIpc) is 3.53. The number of nitrogens with zero attached hydrogens (tertiary/aromatic N) is 1. The number of nitrogens with one attached hydrogen (secondary N) is 1. The summed E-state index contributed by atoms with van der Waals surface area (Å²) in [6.45, 7) is -0.210. The highest BCUT2D eigenvalue weighted by molar-refractivity contribution is 7.89. The Bertz CT molecular complexity index is 1010. The van der Waals surface area contributed by atoms with E-state index >= 15 is 0 Å². The van der Waals surface area contributed by atoms with Crippen LogP contribution in [-0.4, -0.2) is 43.2 Å². The molecular weight excluding hydrogens is 438 g/mol. The minimum atomic E-state index is -3.87. The summed E-state index contributed by atoms with van der Waals surface area (Å²) >= 11 is 6.15. The summed E-state index contributed by atoms with van der Waals surface area (Å²) < 4.78 is 27.8. The van der Waals surface area contributed by atoms with E-state index in [1.807, 2.05) is 0 Å². The molecular formula is C22H28ClN3O4S. The third kappa shape index (κ3) is 3.66. The van der Waals surface area contributed by atoms with Gasteiger partial charge < -0.3 is 11.1 Å². The van der Waals surface area contributed by atoms with E-state index < -0.39 is 15.4 Å². The van der Waals surface area contributed by atoms with E-state index in [0.717, 1.165) is 44.9 Å². The van der Waals surface area contributed by atoms with Crippen LogP contribution in [-0.2, 0) is 19.6 Å². The Labute approximate surface area is 187 Å². The van der Waals surface area contributed by atoms with E-state index in [-0.39, 0.29) is 52.2 Å². The van der Waals surface area contributed by atoms with Crippen LogP contribution in [0.1, 0.15) is 44.9 Å². The number of nitrogens with two attached hydrogens (primary N) is 1. The van der Waals surface area contributed by atoms with Crippen molar-refractivity contribution in [2.24, 2.45) is 28.9 Å². The largest absolute Gasteiger partial charge is 0.369 e. The Balaban J connectivity index is 1.31. The highest BCUT2D eigenvalue weighted by Crippen LogP contribution is 2.59. The van der Waals surface area contributed by atoms with Crippen LogP contribution >= 0.6 is 11.6 Å². The van der Waals surface area contributed by atoms with Crippen molar-refractivity contribution in [3.8, 4) is 0 Å². The second-order valence-electron chi connectivity index (χ2n) is 9.92. The quantitative estimate of drug-likeness (QED) is 0.643. The van der Waals surface area contributed by atoms with Gasteiger partial charge >= 0.3 is 0 Å². The number of benzene rings is 1. The van der Waals surface area contributed by atoms with Gasteiger partial charge in [0.1, 0.15) is 4.90 Å². The summed E-state index contributed by atoms with van der Waals surface area (Å²) in [4.78, 5) is 25.2. The molecule has 0 aliphatic heterocycles. The zero-order valence-corrected chi connectivity index (χ0v) is 18.9. The van der Waals surface area contributed by atoms with Gasteiger partial charge in [0.2, 0.25) is 21.8 Å². The van der Waals surface area contributed by atoms with Gasteiger partial charge in [-0.05, 0) is 74.8 Å². The van der Waals surface area contributed by atoms with Crippen LogP contribution in [0.15, 0.2) is 29.2 Å². The molecule has 6 rings (SSSR count). The number of carbonyl (C=O) groups excluding carboxylic acids is 2. The van der Waals surface area contributed by atoms with Gasteiger partial charge in [0.15, 0.2) is 0 Å². The lowest BCUT2D eigenvalue weighted by Gasteiger charge is -2.58. The zero-order valence-electron chi connectivity index (χ0n) is 17.3. The van der Waals surface area contributed by atoms with Crippen molar-refractivity contribution in [1.82, 2.24) is 9.62 Å². The molecule has 4 bridgehead atoms. The predicted octanol–water partition coefficient (Wildman–Crippen LogP) is 2.29. The van der Waals surface area contributed by atoms with Gasteiger partial charge in [-0.1, -0.05) is 23.7 Å². The van der Waals surface area contributed by atoms with Crippen LogP contribution in [0, 0.1) is 23.2 Å². The van der Waals surface area contributed by atoms with Crippen molar-refractivity contribution in [1.29, 1.82) is 0 Å². The van der Waals surface area contributed by atoms with Crippen molar-refractivity contribution in [2.75, 3.05) is 6.54 Å². The number of halogens is 1. The lowest BCUT2D eigenvalue weighted by Crippen LogP contribution is -2.62. The maximum atomic E-state index is 13.2. The molecule has 2 atom stereocenters. The standard InChI is InChI=1S/C22H28ClN3O4S/c23-17-3-1-2-4-18(17)31(29,30)26(16-5-6-16)12-19(27)25-20-14-7-13-8-15(20)11-22(9-13,10-14)21(24)28/h1-4,13-16,20H,5-12H2,(H2,24,28)(H,25,27). The topological polar surface area (TPSA) is 110 Å². The molecule has 0 heterocycles. The number of sulfonamides is 1. The van der Waals surface area contributed by atoms with Gasteiger partial charge in [-0.15, -0.1) is 0 Å². The van der Waals surface area contributed by atoms with Crippen LogP contribution in [0.25, 0.3) is 0 Å². The molecule has 2 amide bonds. The summed E-state index contributed by atoms with van der Waals surface area (Å²) in [5, 5.41) is 3.30. The van der Waals surface area contributed by atoms with Gasteiger partial charge in [0, 0.05) is 17.5 Å². The molecule has 2 unspecified atom stereocenters. The summed E-state index contributed by atoms with van der Waals surface area (Å²) in [6, 6.07) is 6.16. The first-order valence-electron chi connectivity index (χ1n) is 11.1. The molecule has 7 nitrogen and oxygen atoms in total. The van der Waals surface area contributed by atoms with Crippen molar-refractivity contribution in [2.45, 2.75) is 61.9 Å². The van der Waals surface area contributed by atoms with E-state index in [0.29, 0.717) is 5.92 Å². The first kappa shape index (κ1) is 21.2. The van der Waals surface area contributed by atoms with Gasteiger partial charge in [-0.3, -0.25) is 9.59 Å². The minimum Gasteiger partial charge on any atom is -0.369 e. The van der Waals surface area contributed by atoms with Gasteiger partial charge in [0.05, 0.1) is 11.6 Å². The molecule has 0 radical (unpaired) electrons. The maximum absolute atomic E-state index is 13.2. The molecule has 0 saturated heterocycles. The SMILES string of the molecule is NC(=O)C12CC3CC(C1)C(NC(=O)CN(C1CC1)S(=O)(=O)c1ccccc1Cl)C(C3)C2. The van der Waals surface area contributed by atoms with E-state index in [4.69, 9.17) is 17.3 Å². The van der Waals surface area contributed by atoms with Crippen molar-refractivity contribution >= 4 is 33.4 Å². The van der Waals surface area contributed by atoms with Crippen molar-refractivity contribution < 1.29 is 18.0 Å². The molecule has 5 fully saturated rings. The number of carbonyl (C=O) groups is 2. The van der Waals surface area contributed by atoms with Crippen molar-refractivity contribution in [3.63, 3.8) is 0 Å². The van der Waals surface area contributed by atoms with Gasteiger partial charge in [-0.25, -0.2) is 8.42 Å². The summed E-state index contributed by atoms with van der Waals surface area (Å²) in [7, 11) is -3.87. The normalized spacial score (nSPS) is 34.1. The molecule has 1 aromatic rings. The minimum absolute atomic E-state index is 0.0133. The monoisotopic (exact) mass is 465 g/mol. The highest BCUT2D eigenvalue weighted by atomic mass is 35.5. The molecule has 31 heavy (non-hydrogen) atoms. The second-order valence-corrected chi connectivity index (χ2v) is 12.2. The summed E-state index contributed by atoms with van der Waals surface area (Å²) in [5.74, 6) is 0.478. The summed E-state index contributed by atoms with van der Waals surface area (Å²) in [6.07, 6.45) is 5.82. The second kappa shape index (κ2) is 7.46. The molecule has 5 aliphatic rings. The van der Waals surface area contributed by atoms with E-state index in [9.17, 15) is 18.0 Å². The number of hydrogen-bond donors (Lipinski definition) is 2. The Kier molecular flexibility index (Phi) is 5.10. The van der Waals surface area contributed by atoms with Crippen LogP contribution in [0.2, 0.25) is 5.02 Å². The fraction of sp³-hybridized carbons (Fsp3) is 0.636. The molecule has 9 heteroatoms. The number of rotatable bonds is 7. The van der Waals surface area contributed by atoms with Crippen LogP contribution in [0.4, 0.5) is 0 Å². The first-order chi connectivity index (χ1) is 14.7. The Morgan fingerprint density at radius 3 is 2.35 bits per heavy atom. The van der Waals surface area contributed by atoms with E-state index in [1.165, 1.54) is 10.4 Å². The third-order valence-corrected chi connectivity index (χ3v) is 10.2. The first-order valence-corrected chi connectivity index (χ1v) is 12.9. The van der Waals surface area contributed by atoms with Crippen LogP contribution in [0.5, 0.6) is 0 Å². The fourth-order valence-corrected chi connectivity index (χ4v) is 8.62. The van der Waals surface area contributed by atoms with E-state index in [2.05, 4.69) is 5.32 Å². The number of primary amides is 1. The third-order valence-electron chi connectivity index (χ3n) is 7.80. The predicted molar refractivity (Wildman–Crippen MR) is 115 cm³/mol. The molecule has 0 aromatic heterocycles. The number of amides is 2. The zero-order chi connectivity index (χ0) is 22.0. The average molecular weight is 466 g/mol. The van der Waals surface area contributed by atoms with E-state index in [1.54, 1.807) is 18.2 Å². The molecule has 0 spiro atoms. The molecule has 1 aromatic carbocycles. The number of hydrogen-bond acceptors (Lipinski definition) is 4. The van der Waals surface area contributed by atoms with Crippen molar-refractivity contribution in [3.05, 3.63) is 29.3 Å². The molecule has 168 valence electrons. The molecule has 5 aliphatic carbocycles. The smallest absolute Gasteiger partial charge is 0.245 e. The maximum Gasteiger partial charge on any atom is 0.245 e. The Morgan fingerprint density at radius 2 is 1.77 bits per heavy atom. The van der Waals surface area contributed by atoms with Crippen LogP contribution < -0.4 is 11.1 Å². The lowest BCUT2D eigenvalue weighted by molar-refractivity contribution is -0.147. The summed E-state index contributed by atoms with van der Waals surface area (Å²) in [5.41, 5.74) is 5.34. The fourth-order valence-electron chi connectivity index (χ4n) is 6.49. The van der Waals surface area contributed by atoms with Gasteiger partial charge in [0.25, 0.3) is 0 Å².